The fraction of sp³-hybridized carbons (Fsp3) is 0.417. The number of esters is 1. The van der Waals surface area contributed by atoms with Crippen LogP contribution in [0.5, 0.6) is 17.2 Å². The molecule has 2 aromatic rings. The van der Waals surface area contributed by atoms with E-state index in [1.54, 1.807) is 24.3 Å². The number of benzene rings is 2. The summed E-state index contributed by atoms with van der Waals surface area (Å²) < 4.78 is 49.1. The normalized spacial score (nSPS) is 20.4. The van der Waals surface area contributed by atoms with Gasteiger partial charge in [0.25, 0.3) is 0 Å². The number of ether oxygens (including phenoxy) is 4. The van der Waals surface area contributed by atoms with Crippen LogP contribution in [0, 0.1) is 5.92 Å². The molecule has 0 unspecified atom stereocenters. The highest BCUT2D eigenvalue weighted by atomic mass is 32.2. The zero-order valence-electron chi connectivity index (χ0n) is 19.8. The number of carbonyl (C=O) groups excluding carboxylic acids is 2. The Kier molecular flexibility index (Phi) is 7.18. The van der Waals surface area contributed by atoms with Gasteiger partial charge in [-0.25, -0.2) is 13.2 Å². The molecule has 11 heteroatoms. The highest BCUT2D eigenvalue weighted by Gasteiger charge is 2.40. The summed E-state index contributed by atoms with van der Waals surface area (Å²) in [7, 11) is 0.293. The maximum atomic E-state index is 13.6. The Morgan fingerprint density at radius 3 is 2.46 bits per heavy atom. The fourth-order valence-corrected chi connectivity index (χ4v) is 5.95. The molecule has 2 aliphatic heterocycles. The van der Waals surface area contributed by atoms with Crippen molar-refractivity contribution in [1.29, 1.82) is 0 Å². The first-order valence-electron chi connectivity index (χ1n) is 11.2. The van der Waals surface area contributed by atoms with Crippen molar-refractivity contribution in [2.75, 3.05) is 45.9 Å². The Hall–Kier alpha value is -3.31. The number of anilines is 1. The third-order valence-electron chi connectivity index (χ3n) is 6.23. The predicted molar refractivity (Wildman–Crippen MR) is 126 cm³/mol. The van der Waals surface area contributed by atoms with Crippen LogP contribution in [-0.2, 0) is 24.3 Å². The van der Waals surface area contributed by atoms with Gasteiger partial charge in [0.15, 0.2) is 11.5 Å². The van der Waals surface area contributed by atoms with Crippen molar-refractivity contribution in [3.8, 4) is 17.2 Å². The Morgan fingerprint density at radius 1 is 1.00 bits per heavy atom. The SMILES string of the molecule is COC(=O)[C@@H]1CN(C(=O)[C@@H]2CCCN(S(=O)(=O)c3ccc(OC)c(OC)c3)C2)c2ccccc2O1. The van der Waals surface area contributed by atoms with Gasteiger partial charge in [0.1, 0.15) is 5.75 Å². The average molecular weight is 505 g/mol. The van der Waals surface area contributed by atoms with E-state index < -0.39 is 28.0 Å². The molecule has 1 saturated heterocycles. The lowest BCUT2D eigenvalue weighted by Crippen LogP contribution is -2.52. The lowest BCUT2D eigenvalue weighted by atomic mass is 9.97. The first-order chi connectivity index (χ1) is 16.8. The zero-order valence-corrected chi connectivity index (χ0v) is 20.6. The monoisotopic (exact) mass is 504 g/mol. The van der Waals surface area contributed by atoms with Crippen molar-refractivity contribution in [1.82, 2.24) is 4.31 Å². The molecule has 2 atom stereocenters. The number of carbonyl (C=O) groups is 2. The number of nitrogens with zero attached hydrogens (tertiary/aromatic N) is 2. The van der Waals surface area contributed by atoms with Crippen molar-refractivity contribution in [2.24, 2.45) is 5.92 Å². The fourth-order valence-electron chi connectivity index (χ4n) is 4.41. The minimum absolute atomic E-state index is 0.0125. The van der Waals surface area contributed by atoms with E-state index in [4.69, 9.17) is 18.9 Å². The molecule has 1 fully saturated rings. The van der Waals surface area contributed by atoms with Gasteiger partial charge >= 0.3 is 5.97 Å². The number of rotatable bonds is 6. The van der Waals surface area contributed by atoms with E-state index in [1.165, 1.54) is 48.7 Å². The summed E-state index contributed by atoms with van der Waals surface area (Å²) in [6, 6.07) is 11.4. The molecule has 0 spiro atoms. The highest BCUT2D eigenvalue weighted by molar-refractivity contribution is 7.89. The molecule has 2 heterocycles. The molecule has 188 valence electrons. The maximum Gasteiger partial charge on any atom is 0.348 e. The van der Waals surface area contributed by atoms with Crippen LogP contribution in [0.15, 0.2) is 47.4 Å². The smallest absolute Gasteiger partial charge is 0.348 e. The van der Waals surface area contributed by atoms with Gasteiger partial charge in [-0.15, -0.1) is 0 Å². The predicted octanol–water partition coefficient (Wildman–Crippen LogP) is 2.07. The van der Waals surface area contributed by atoms with Crippen molar-refractivity contribution in [2.45, 2.75) is 23.8 Å². The van der Waals surface area contributed by atoms with Crippen molar-refractivity contribution >= 4 is 27.6 Å². The number of hydrogen-bond donors (Lipinski definition) is 0. The van der Waals surface area contributed by atoms with Gasteiger partial charge in [0.05, 0.1) is 44.4 Å². The van der Waals surface area contributed by atoms with Gasteiger partial charge < -0.3 is 23.8 Å². The van der Waals surface area contributed by atoms with E-state index in [-0.39, 0.29) is 23.9 Å². The number of para-hydroxylation sites is 2. The number of methoxy groups -OCH3 is 3. The van der Waals surface area contributed by atoms with E-state index in [9.17, 15) is 18.0 Å². The number of amides is 1. The van der Waals surface area contributed by atoms with Crippen LogP contribution >= 0.6 is 0 Å². The molecule has 0 N–H and O–H groups in total. The van der Waals surface area contributed by atoms with E-state index >= 15 is 0 Å². The third kappa shape index (κ3) is 4.78. The summed E-state index contributed by atoms with van der Waals surface area (Å²) in [4.78, 5) is 27.4. The van der Waals surface area contributed by atoms with Crippen molar-refractivity contribution in [3.05, 3.63) is 42.5 Å². The van der Waals surface area contributed by atoms with Crippen LogP contribution in [0.1, 0.15) is 12.8 Å². The van der Waals surface area contributed by atoms with Crippen LogP contribution in [0.2, 0.25) is 0 Å². The molecule has 2 aromatic carbocycles. The second-order valence-corrected chi connectivity index (χ2v) is 10.2. The topological polar surface area (TPSA) is 112 Å². The van der Waals surface area contributed by atoms with Crippen LogP contribution in [0.4, 0.5) is 5.69 Å². The highest BCUT2D eigenvalue weighted by Crippen LogP contribution is 2.36. The lowest BCUT2D eigenvalue weighted by molar-refractivity contribution is -0.148. The Morgan fingerprint density at radius 2 is 1.74 bits per heavy atom. The quantitative estimate of drug-likeness (QED) is 0.550. The van der Waals surface area contributed by atoms with Crippen LogP contribution in [0.3, 0.4) is 0 Å². The van der Waals surface area contributed by atoms with E-state index in [2.05, 4.69) is 0 Å². The van der Waals surface area contributed by atoms with Crippen molar-refractivity contribution < 1.29 is 37.0 Å². The van der Waals surface area contributed by atoms with Gasteiger partial charge in [-0.1, -0.05) is 12.1 Å². The van der Waals surface area contributed by atoms with E-state index in [0.29, 0.717) is 42.3 Å². The van der Waals surface area contributed by atoms with Gasteiger partial charge in [-0.3, -0.25) is 4.79 Å². The van der Waals surface area contributed by atoms with Crippen molar-refractivity contribution in [3.63, 3.8) is 0 Å². The van der Waals surface area contributed by atoms with Crippen LogP contribution in [0.25, 0.3) is 0 Å². The first-order valence-corrected chi connectivity index (χ1v) is 12.6. The molecule has 0 radical (unpaired) electrons. The molecule has 1 amide bonds. The average Bonchev–Trinajstić information content (AvgIpc) is 2.91. The van der Waals surface area contributed by atoms with Crippen LogP contribution in [-0.4, -0.2) is 71.7 Å². The first kappa shape index (κ1) is 24.8. The number of hydrogen-bond acceptors (Lipinski definition) is 8. The largest absolute Gasteiger partial charge is 0.493 e. The summed E-state index contributed by atoms with van der Waals surface area (Å²) in [6.45, 7) is 0.310. The molecule has 0 aromatic heterocycles. The Bertz CT molecular complexity index is 1220. The number of piperidine rings is 1. The molecule has 10 nitrogen and oxygen atoms in total. The summed E-state index contributed by atoms with van der Waals surface area (Å²) in [5.74, 6) is -0.307. The lowest BCUT2D eigenvalue weighted by Gasteiger charge is -2.38. The Balaban J connectivity index is 1.58. The maximum absolute atomic E-state index is 13.6. The van der Waals surface area contributed by atoms with Gasteiger partial charge in [-0.05, 0) is 37.1 Å². The minimum Gasteiger partial charge on any atom is -0.493 e. The molecule has 0 bridgehead atoms. The molecular weight excluding hydrogens is 476 g/mol. The van der Waals surface area contributed by atoms with E-state index in [0.717, 1.165) is 0 Å². The summed E-state index contributed by atoms with van der Waals surface area (Å²) >= 11 is 0. The summed E-state index contributed by atoms with van der Waals surface area (Å²) in [5, 5.41) is 0. The van der Waals surface area contributed by atoms with E-state index in [1.807, 2.05) is 0 Å². The van der Waals surface area contributed by atoms with Gasteiger partial charge in [0, 0.05) is 19.2 Å². The molecule has 2 aliphatic rings. The zero-order chi connectivity index (χ0) is 25.2. The van der Waals surface area contributed by atoms with Gasteiger partial charge in [0.2, 0.25) is 22.0 Å². The molecular formula is C24H28N2O8S. The van der Waals surface area contributed by atoms with Crippen LogP contribution < -0.4 is 19.1 Å². The second-order valence-electron chi connectivity index (χ2n) is 8.27. The summed E-state index contributed by atoms with van der Waals surface area (Å²) in [6.07, 6.45) is 0.0863. The molecule has 0 saturated carbocycles. The molecule has 35 heavy (non-hydrogen) atoms. The molecule has 4 rings (SSSR count). The number of fused-ring (bicyclic) bond motifs is 1. The Labute approximate surface area is 204 Å². The standard InChI is InChI=1S/C24H28N2O8S/c1-31-20-11-10-17(13-21(20)32-2)35(29,30)25-12-6-7-16(14-25)23(27)26-15-22(24(28)33-3)34-19-9-5-4-8-18(19)26/h4-5,8-11,13,16,22H,6-7,12,14-15H2,1-3H3/t16-,22+/m1/s1. The molecule has 0 aliphatic carbocycles. The van der Waals surface area contributed by atoms with Gasteiger partial charge in [-0.2, -0.15) is 4.31 Å². The third-order valence-corrected chi connectivity index (χ3v) is 8.09. The number of sulfonamides is 1. The summed E-state index contributed by atoms with van der Waals surface area (Å²) in [5.41, 5.74) is 0.539. The second kappa shape index (κ2) is 10.1. The minimum atomic E-state index is -3.88.